The van der Waals surface area contributed by atoms with Gasteiger partial charge in [-0.3, -0.25) is 14.9 Å². The van der Waals surface area contributed by atoms with Crippen molar-refractivity contribution in [3.63, 3.8) is 0 Å². The quantitative estimate of drug-likeness (QED) is 0.686. The Hall–Kier alpha value is -1.34. The molecule has 1 atom stereocenters. The zero-order chi connectivity index (χ0) is 14.1. The summed E-state index contributed by atoms with van der Waals surface area (Å²) >= 11 is 0. The van der Waals surface area contributed by atoms with Crippen molar-refractivity contribution in [2.24, 2.45) is 5.73 Å². The highest BCUT2D eigenvalue weighted by Crippen LogP contribution is 2.20. The van der Waals surface area contributed by atoms with Gasteiger partial charge in [-0.15, -0.1) is 12.4 Å². The van der Waals surface area contributed by atoms with Crippen LogP contribution in [0.25, 0.3) is 0 Å². The molecular weight excluding hydrogens is 272 g/mol. The van der Waals surface area contributed by atoms with Gasteiger partial charge < -0.3 is 15.5 Å². The number of rotatable bonds is 4. The van der Waals surface area contributed by atoms with E-state index in [4.69, 9.17) is 5.73 Å². The van der Waals surface area contributed by atoms with Crippen molar-refractivity contribution in [3.05, 3.63) is 0 Å². The number of nitrogens with zero attached hydrogens (tertiary/aromatic N) is 2. The highest BCUT2D eigenvalue weighted by Gasteiger charge is 2.46. The van der Waals surface area contributed by atoms with E-state index >= 15 is 0 Å². The predicted octanol–water partition coefficient (Wildman–Crippen LogP) is -0.456. The Morgan fingerprint density at radius 1 is 1.47 bits per heavy atom. The smallest absolute Gasteiger partial charge is 0.325 e. The predicted molar refractivity (Wildman–Crippen MR) is 72.9 cm³/mol. The molecule has 8 heteroatoms. The Balaban J connectivity index is 0.00000324. The molecule has 0 bridgehead atoms. The first-order valence-corrected chi connectivity index (χ1v) is 5.80. The number of amides is 4. The summed E-state index contributed by atoms with van der Waals surface area (Å²) in [5.74, 6) is -0.638. The third-order valence-corrected chi connectivity index (χ3v) is 3.39. The van der Waals surface area contributed by atoms with Crippen molar-refractivity contribution in [1.82, 2.24) is 15.1 Å². The second-order valence-electron chi connectivity index (χ2n) is 4.99. The van der Waals surface area contributed by atoms with E-state index in [1.54, 1.807) is 20.9 Å². The van der Waals surface area contributed by atoms with E-state index in [1.165, 1.54) is 9.80 Å². The third-order valence-electron chi connectivity index (χ3n) is 3.39. The number of hydrogen-bond donors (Lipinski definition) is 2. The summed E-state index contributed by atoms with van der Waals surface area (Å²) in [7, 11) is 1.63. The molecule has 4 amide bonds. The van der Waals surface area contributed by atoms with Crippen LogP contribution in [0.4, 0.5) is 4.79 Å². The molecule has 0 aromatic rings. The number of nitrogens with two attached hydrogens (primary N) is 1. The number of nitrogens with one attached hydrogen (secondary N) is 1. The third kappa shape index (κ3) is 3.36. The molecular formula is C11H21ClN4O3. The molecule has 1 unspecified atom stereocenters. The van der Waals surface area contributed by atoms with Gasteiger partial charge in [-0.1, -0.05) is 0 Å². The Labute approximate surface area is 118 Å². The summed E-state index contributed by atoms with van der Waals surface area (Å²) in [6.07, 6.45) is 0. The molecule has 7 nitrogen and oxygen atoms in total. The molecule has 0 aliphatic carbocycles. The maximum atomic E-state index is 12.0. The second kappa shape index (κ2) is 6.21. The first kappa shape index (κ1) is 17.7. The molecule has 0 aromatic carbocycles. The molecule has 1 fully saturated rings. The summed E-state index contributed by atoms with van der Waals surface area (Å²) in [5, 5.41) is 2.20. The number of halogens is 1. The molecule has 110 valence electrons. The lowest BCUT2D eigenvalue weighted by Crippen LogP contribution is -2.51. The molecule has 0 aromatic heterocycles. The van der Waals surface area contributed by atoms with Gasteiger partial charge >= 0.3 is 6.03 Å². The van der Waals surface area contributed by atoms with Crippen molar-refractivity contribution in [2.45, 2.75) is 32.4 Å². The van der Waals surface area contributed by atoms with Crippen molar-refractivity contribution in [3.8, 4) is 0 Å². The fourth-order valence-corrected chi connectivity index (χ4v) is 1.61. The number of carbonyl (C=O) groups excluding carboxylic acids is 3. The summed E-state index contributed by atoms with van der Waals surface area (Å²) in [4.78, 5) is 37.8. The number of likely N-dealkylation sites (N-methyl/N-ethyl adjacent to an activating group) is 1. The molecule has 0 spiro atoms. The number of hydrogen-bond acceptors (Lipinski definition) is 4. The number of imide groups is 1. The maximum absolute atomic E-state index is 12.0. The van der Waals surface area contributed by atoms with Crippen molar-refractivity contribution in [1.29, 1.82) is 0 Å². The van der Waals surface area contributed by atoms with E-state index in [9.17, 15) is 14.4 Å². The molecule has 0 saturated carbocycles. The lowest BCUT2D eigenvalue weighted by atomic mass is 10.0. The van der Waals surface area contributed by atoms with Gasteiger partial charge in [0.1, 0.15) is 12.1 Å². The van der Waals surface area contributed by atoms with Crippen molar-refractivity contribution < 1.29 is 14.4 Å². The van der Waals surface area contributed by atoms with E-state index in [0.29, 0.717) is 6.54 Å². The van der Waals surface area contributed by atoms with Crippen molar-refractivity contribution >= 4 is 30.3 Å². The fraction of sp³-hybridized carbons (Fsp3) is 0.727. The SMILES string of the molecule is CC(CN)N(C)C(=O)CN1C(=O)NC(=O)C1(C)C.Cl. The Morgan fingerprint density at radius 2 is 2.00 bits per heavy atom. The van der Waals surface area contributed by atoms with Crippen LogP contribution in [0.1, 0.15) is 20.8 Å². The topological polar surface area (TPSA) is 95.7 Å². The molecule has 3 N–H and O–H groups in total. The van der Waals surface area contributed by atoms with Crippen LogP contribution in [0.15, 0.2) is 0 Å². The highest BCUT2D eigenvalue weighted by atomic mass is 35.5. The number of carbonyl (C=O) groups is 3. The minimum atomic E-state index is -1.00. The monoisotopic (exact) mass is 292 g/mol. The van der Waals surface area contributed by atoms with Gasteiger partial charge in [-0.05, 0) is 20.8 Å². The number of urea groups is 1. The van der Waals surface area contributed by atoms with Crippen LogP contribution >= 0.6 is 12.4 Å². The molecule has 19 heavy (non-hydrogen) atoms. The Bertz CT molecular complexity index is 386. The fourth-order valence-electron chi connectivity index (χ4n) is 1.61. The molecule has 0 radical (unpaired) electrons. The van der Waals surface area contributed by atoms with Gasteiger partial charge in [0.2, 0.25) is 5.91 Å². The first-order valence-electron chi connectivity index (χ1n) is 5.80. The zero-order valence-electron chi connectivity index (χ0n) is 11.6. The largest absolute Gasteiger partial charge is 0.340 e. The average Bonchev–Trinajstić information content (AvgIpc) is 2.49. The van der Waals surface area contributed by atoms with Crippen LogP contribution in [0.5, 0.6) is 0 Å². The highest BCUT2D eigenvalue weighted by molar-refractivity contribution is 6.07. The average molecular weight is 293 g/mol. The van der Waals surface area contributed by atoms with E-state index in [2.05, 4.69) is 5.32 Å². The Morgan fingerprint density at radius 3 is 2.37 bits per heavy atom. The van der Waals surface area contributed by atoms with E-state index in [-0.39, 0.29) is 30.9 Å². The second-order valence-corrected chi connectivity index (χ2v) is 4.99. The van der Waals surface area contributed by atoms with Crippen LogP contribution < -0.4 is 11.1 Å². The summed E-state index contributed by atoms with van der Waals surface area (Å²) in [5.41, 5.74) is 4.48. The minimum absolute atomic E-state index is 0. The molecule has 1 saturated heterocycles. The van der Waals surface area contributed by atoms with Gasteiger partial charge in [-0.2, -0.15) is 0 Å². The van der Waals surface area contributed by atoms with Gasteiger partial charge in [0, 0.05) is 19.6 Å². The summed E-state index contributed by atoms with van der Waals surface area (Å²) < 4.78 is 0. The van der Waals surface area contributed by atoms with E-state index in [0.717, 1.165) is 0 Å². The lowest BCUT2D eigenvalue weighted by molar-refractivity contribution is -0.133. The van der Waals surface area contributed by atoms with Gasteiger partial charge in [0.05, 0.1) is 0 Å². The molecule has 1 aliphatic rings. The van der Waals surface area contributed by atoms with Gasteiger partial charge in [-0.25, -0.2) is 4.79 Å². The zero-order valence-corrected chi connectivity index (χ0v) is 12.4. The van der Waals surface area contributed by atoms with E-state index < -0.39 is 17.5 Å². The van der Waals surface area contributed by atoms with Crippen molar-refractivity contribution in [2.75, 3.05) is 20.1 Å². The molecule has 1 aliphatic heterocycles. The van der Waals surface area contributed by atoms with Crippen LogP contribution in [0.3, 0.4) is 0 Å². The standard InChI is InChI=1S/C11H20N4O3.ClH/c1-7(5-12)14(4)8(16)6-15-10(18)13-9(17)11(15,2)3;/h7H,5-6,12H2,1-4H3,(H,13,17,18);1H. The van der Waals surface area contributed by atoms with Crippen LogP contribution in [-0.2, 0) is 9.59 Å². The van der Waals surface area contributed by atoms with E-state index in [1.807, 2.05) is 6.92 Å². The minimum Gasteiger partial charge on any atom is -0.340 e. The summed E-state index contributed by atoms with van der Waals surface area (Å²) in [6.45, 7) is 5.24. The van der Waals surface area contributed by atoms with Gasteiger partial charge in [0.15, 0.2) is 0 Å². The van der Waals surface area contributed by atoms with Crippen LogP contribution in [0.2, 0.25) is 0 Å². The molecule has 1 heterocycles. The van der Waals surface area contributed by atoms with Crippen LogP contribution in [0, 0.1) is 0 Å². The normalized spacial score (nSPS) is 18.7. The van der Waals surface area contributed by atoms with Crippen LogP contribution in [-0.4, -0.2) is 59.4 Å². The van der Waals surface area contributed by atoms with Gasteiger partial charge in [0.25, 0.3) is 5.91 Å². The lowest BCUT2D eigenvalue weighted by Gasteiger charge is -2.31. The molecule has 1 rings (SSSR count). The first-order chi connectivity index (χ1) is 8.21. The summed E-state index contributed by atoms with van der Waals surface area (Å²) in [6, 6.07) is -0.644. The Kier molecular flexibility index (Phi) is 5.77. The maximum Gasteiger partial charge on any atom is 0.325 e.